The van der Waals surface area contributed by atoms with Crippen LogP contribution in [0.2, 0.25) is 0 Å². The topological polar surface area (TPSA) is 78.0 Å². The second-order valence-electron chi connectivity index (χ2n) is 6.79. The Morgan fingerprint density at radius 1 is 0.931 bits per heavy atom. The molecule has 144 valence electrons. The van der Waals surface area contributed by atoms with E-state index in [0.717, 1.165) is 26.9 Å². The summed E-state index contributed by atoms with van der Waals surface area (Å²) < 4.78 is 28.8. The van der Waals surface area contributed by atoms with E-state index in [0.29, 0.717) is 16.0 Å². The Hall–Kier alpha value is -3.16. The van der Waals surface area contributed by atoms with Crippen LogP contribution in [0.4, 0.5) is 5.13 Å². The van der Waals surface area contributed by atoms with Crippen LogP contribution in [-0.2, 0) is 10.0 Å². The molecule has 0 atom stereocenters. The predicted molar refractivity (Wildman–Crippen MR) is 119 cm³/mol. The highest BCUT2D eigenvalue weighted by molar-refractivity contribution is 7.90. The predicted octanol–water partition coefficient (Wildman–Crippen LogP) is 5.05. The van der Waals surface area contributed by atoms with Crippen LogP contribution in [0.1, 0.15) is 4.88 Å². The standard InChI is InChI=1S/C22H17N3O2S2/c1-14-21(24-22(23)28-14)18-13-25(19-11-5-4-10-17(18)19)29(26,27)20-12-6-8-15-7-2-3-9-16(15)20/h2-13H,1H3,(H2,23,24). The maximum Gasteiger partial charge on any atom is 0.268 e. The summed E-state index contributed by atoms with van der Waals surface area (Å²) >= 11 is 1.40. The lowest BCUT2D eigenvalue weighted by molar-refractivity contribution is 0.590. The quantitative estimate of drug-likeness (QED) is 0.444. The lowest BCUT2D eigenvalue weighted by Crippen LogP contribution is -2.12. The minimum absolute atomic E-state index is 0.275. The van der Waals surface area contributed by atoms with Gasteiger partial charge in [0.05, 0.1) is 16.1 Å². The van der Waals surface area contributed by atoms with Crippen LogP contribution >= 0.6 is 11.3 Å². The number of para-hydroxylation sites is 1. The number of nitrogens with zero attached hydrogens (tertiary/aromatic N) is 2. The minimum Gasteiger partial charge on any atom is -0.375 e. The third-order valence-electron chi connectivity index (χ3n) is 5.03. The first kappa shape index (κ1) is 17.9. The van der Waals surface area contributed by atoms with Crippen LogP contribution in [0, 0.1) is 6.92 Å². The number of nitrogens with two attached hydrogens (primary N) is 1. The normalized spacial score (nSPS) is 12.0. The van der Waals surface area contributed by atoms with E-state index in [9.17, 15) is 8.42 Å². The molecule has 2 heterocycles. The van der Waals surface area contributed by atoms with Crippen molar-refractivity contribution in [3.8, 4) is 11.3 Å². The Balaban J connectivity index is 1.82. The van der Waals surface area contributed by atoms with Gasteiger partial charge < -0.3 is 5.73 Å². The van der Waals surface area contributed by atoms with E-state index in [2.05, 4.69) is 4.98 Å². The third kappa shape index (κ3) is 2.73. The van der Waals surface area contributed by atoms with Crippen LogP contribution in [0.5, 0.6) is 0 Å². The molecular formula is C22H17N3O2S2. The van der Waals surface area contributed by atoms with Gasteiger partial charge in [-0.3, -0.25) is 0 Å². The molecule has 5 nitrogen and oxygen atoms in total. The maximum atomic E-state index is 13.7. The molecule has 5 aromatic rings. The van der Waals surface area contributed by atoms with Gasteiger partial charge in [0.25, 0.3) is 10.0 Å². The first-order valence-corrected chi connectivity index (χ1v) is 11.3. The van der Waals surface area contributed by atoms with Crippen molar-refractivity contribution < 1.29 is 8.42 Å². The molecule has 5 rings (SSSR count). The molecule has 0 saturated heterocycles. The van der Waals surface area contributed by atoms with Crippen LogP contribution in [0.3, 0.4) is 0 Å². The largest absolute Gasteiger partial charge is 0.375 e. The van der Waals surface area contributed by atoms with Gasteiger partial charge >= 0.3 is 0 Å². The lowest BCUT2D eigenvalue weighted by atomic mass is 10.1. The van der Waals surface area contributed by atoms with Gasteiger partial charge in [0, 0.05) is 27.4 Å². The molecule has 0 bridgehead atoms. The van der Waals surface area contributed by atoms with Gasteiger partial charge in [-0.15, -0.1) is 11.3 Å². The highest BCUT2D eigenvalue weighted by Crippen LogP contribution is 2.37. The summed E-state index contributed by atoms with van der Waals surface area (Å²) in [6, 6.07) is 20.3. The van der Waals surface area contributed by atoms with E-state index < -0.39 is 10.0 Å². The van der Waals surface area contributed by atoms with E-state index in [-0.39, 0.29) is 4.90 Å². The number of hydrogen-bond acceptors (Lipinski definition) is 5. The van der Waals surface area contributed by atoms with E-state index in [1.165, 1.54) is 15.3 Å². The Morgan fingerprint density at radius 3 is 2.38 bits per heavy atom. The average molecular weight is 420 g/mol. The zero-order valence-electron chi connectivity index (χ0n) is 15.5. The number of aromatic nitrogens is 2. The number of benzene rings is 3. The summed E-state index contributed by atoms with van der Waals surface area (Å²) in [7, 11) is -3.82. The smallest absolute Gasteiger partial charge is 0.268 e. The van der Waals surface area contributed by atoms with Crippen molar-refractivity contribution in [2.24, 2.45) is 0 Å². The third-order valence-corrected chi connectivity index (χ3v) is 7.56. The van der Waals surface area contributed by atoms with E-state index in [1.807, 2.05) is 61.5 Å². The summed E-state index contributed by atoms with van der Waals surface area (Å²) in [5, 5.41) is 2.87. The second kappa shape index (κ2) is 6.43. The highest BCUT2D eigenvalue weighted by Gasteiger charge is 2.24. The molecule has 0 amide bonds. The van der Waals surface area contributed by atoms with Crippen LogP contribution in [0.25, 0.3) is 32.9 Å². The number of thiazole rings is 1. The van der Waals surface area contributed by atoms with E-state index >= 15 is 0 Å². The fraction of sp³-hybridized carbons (Fsp3) is 0.0455. The number of anilines is 1. The van der Waals surface area contributed by atoms with Crippen molar-refractivity contribution in [1.82, 2.24) is 8.96 Å². The van der Waals surface area contributed by atoms with Gasteiger partial charge in [0.1, 0.15) is 0 Å². The summed E-state index contributed by atoms with van der Waals surface area (Å²) in [5.74, 6) is 0. The van der Waals surface area contributed by atoms with Crippen molar-refractivity contribution >= 4 is 48.2 Å². The molecule has 0 saturated carbocycles. The molecule has 0 aliphatic rings. The first-order chi connectivity index (χ1) is 14.0. The first-order valence-electron chi connectivity index (χ1n) is 9.03. The number of hydrogen-bond donors (Lipinski definition) is 1. The molecule has 2 aromatic heterocycles. The summed E-state index contributed by atoms with van der Waals surface area (Å²) in [6.45, 7) is 1.94. The van der Waals surface area contributed by atoms with Gasteiger partial charge in [0.15, 0.2) is 5.13 Å². The molecule has 0 unspecified atom stereocenters. The van der Waals surface area contributed by atoms with Crippen molar-refractivity contribution in [1.29, 1.82) is 0 Å². The fourth-order valence-electron chi connectivity index (χ4n) is 3.73. The summed E-state index contributed by atoms with van der Waals surface area (Å²) in [5.41, 5.74) is 7.98. The molecule has 3 aromatic carbocycles. The molecule has 7 heteroatoms. The number of rotatable bonds is 3. The maximum absolute atomic E-state index is 13.7. The summed E-state index contributed by atoms with van der Waals surface area (Å²) in [6.07, 6.45) is 1.66. The van der Waals surface area contributed by atoms with Gasteiger partial charge in [-0.1, -0.05) is 54.6 Å². The molecule has 0 fully saturated rings. The van der Waals surface area contributed by atoms with Gasteiger partial charge in [-0.05, 0) is 24.4 Å². The SMILES string of the molecule is Cc1sc(N)nc1-c1cn(S(=O)(=O)c2cccc3ccccc23)c2ccccc12. The Bertz CT molecular complexity index is 1490. The molecule has 2 N–H and O–H groups in total. The van der Waals surface area contributed by atoms with Gasteiger partial charge in [-0.25, -0.2) is 17.4 Å². The average Bonchev–Trinajstić information content (AvgIpc) is 3.27. The zero-order chi connectivity index (χ0) is 20.2. The molecule has 29 heavy (non-hydrogen) atoms. The number of aryl methyl sites for hydroxylation is 1. The van der Waals surface area contributed by atoms with E-state index in [4.69, 9.17) is 5.73 Å². The lowest BCUT2D eigenvalue weighted by Gasteiger charge is -2.10. The van der Waals surface area contributed by atoms with Gasteiger partial charge in [0.2, 0.25) is 0 Å². The molecule has 0 aliphatic carbocycles. The Labute approximate surface area is 172 Å². The molecule has 0 spiro atoms. The number of fused-ring (bicyclic) bond motifs is 2. The van der Waals surface area contributed by atoms with Crippen LogP contribution in [0.15, 0.2) is 77.8 Å². The van der Waals surface area contributed by atoms with Crippen LogP contribution in [-0.4, -0.2) is 17.4 Å². The monoisotopic (exact) mass is 419 g/mol. The zero-order valence-corrected chi connectivity index (χ0v) is 17.2. The van der Waals surface area contributed by atoms with Crippen molar-refractivity contribution in [3.63, 3.8) is 0 Å². The van der Waals surface area contributed by atoms with Gasteiger partial charge in [-0.2, -0.15) is 0 Å². The highest BCUT2D eigenvalue weighted by atomic mass is 32.2. The fourth-order valence-corrected chi connectivity index (χ4v) is 6.02. The number of nitrogen functional groups attached to an aromatic ring is 1. The Kier molecular flexibility index (Phi) is 3.97. The van der Waals surface area contributed by atoms with Crippen LogP contribution < -0.4 is 5.73 Å². The van der Waals surface area contributed by atoms with Crippen molar-refractivity contribution in [3.05, 3.63) is 77.8 Å². The minimum atomic E-state index is -3.82. The van der Waals surface area contributed by atoms with Crippen molar-refractivity contribution in [2.75, 3.05) is 5.73 Å². The molecular weight excluding hydrogens is 402 g/mol. The Morgan fingerprint density at radius 2 is 1.62 bits per heavy atom. The van der Waals surface area contributed by atoms with E-state index in [1.54, 1.807) is 18.3 Å². The molecule has 0 radical (unpaired) electrons. The second-order valence-corrected chi connectivity index (χ2v) is 9.81. The van der Waals surface area contributed by atoms with Crippen molar-refractivity contribution in [2.45, 2.75) is 11.8 Å². The molecule has 0 aliphatic heterocycles. The summed E-state index contributed by atoms with van der Waals surface area (Å²) in [4.78, 5) is 5.66.